The Morgan fingerprint density at radius 3 is 2.68 bits per heavy atom. The van der Waals surface area contributed by atoms with Gasteiger partial charge in [0.1, 0.15) is 0 Å². The Labute approximate surface area is 116 Å². The molecule has 0 aromatic carbocycles. The summed E-state index contributed by atoms with van der Waals surface area (Å²) in [7, 11) is 0. The summed E-state index contributed by atoms with van der Waals surface area (Å²) in [5.41, 5.74) is 4.05. The van der Waals surface area contributed by atoms with Gasteiger partial charge >= 0.3 is 0 Å². The van der Waals surface area contributed by atoms with Crippen molar-refractivity contribution in [1.29, 1.82) is 0 Å². The highest BCUT2D eigenvalue weighted by atomic mass is 16.5. The van der Waals surface area contributed by atoms with Gasteiger partial charge in [-0.1, -0.05) is 20.8 Å². The molecule has 2 atom stereocenters. The van der Waals surface area contributed by atoms with Crippen molar-refractivity contribution in [2.75, 3.05) is 19.8 Å². The van der Waals surface area contributed by atoms with E-state index in [2.05, 4.69) is 37.7 Å². The molecule has 1 aromatic rings. The first kappa shape index (κ1) is 14.5. The quantitative estimate of drug-likeness (QED) is 0.859. The largest absolute Gasteiger partial charge is 0.379 e. The number of nitrogens with one attached hydrogen (secondary N) is 1. The lowest BCUT2D eigenvalue weighted by molar-refractivity contribution is 0.184. The van der Waals surface area contributed by atoms with Crippen molar-refractivity contribution in [2.24, 2.45) is 0 Å². The van der Waals surface area contributed by atoms with Gasteiger partial charge in [-0.2, -0.15) is 5.10 Å². The van der Waals surface area contributed by atoms with Gasteiger partial charge in [-0.15, -0.1) is 0 Å². The average molecular weight is 265 g/mol. The molecule has 4 heteroatoms. The molecule has 1 N–H and O–H groups in total. The zero-order valence-corrected chi connectivity index (χ0v) is 12.7. The van der Waals surface area contributed by atoms with Gasteiger partial charge in [0.2, 0.25) is 0 Å². The predicted molar refractivity (Wildman–Crippen MR) is 77.5 cm³/mol. The van der Waals surface area contributed by atoms with Crippen molar-refractivity contribution in [3.8, 4) is 0 Å². The maximum absolute atomic E-state index is 5.53. The van der Waals surface area contributed by atoms with Gasteiger partial charge in [0.15, 0.2) is 0 Å². The van der Waals surface area contributed by atoms with Crippen molar-refractivity contribution in [1.82, 2.24) is 15.1 Å². The van der Waals surface area contributed by atoms with Crippen molar-refractivity contribution < 1.29 is 4.74 Å². The zero-order valence-electron chi connectivity index (χ0n) is 12.7. The molecular weight excluding hydrogens is 238 g/mol. The minimum absolute atomic E-state index is 0.381. The lowest BCUT2D eigenvalue weighted by Gasteiger charge is -2.17. The fourth-order valence-corrected chi connectivity index (χ4v) is 3.07. The minimum Gasteiger partial charge on any atom is -0.379 e. The number of rotatable bonds is 6. The Kier molecular flexibility index (Phi) is 4.99. The standard InChI is InChI=1S/C15H27N3O/c1-5-13-15(11(4)16-7-3)14(6-2)18(17-13)12-8-9-19-10-12/h11-12,16H,5-10H2,1-4H3. The molecule has 1 aliphatic heterocycles. The van der Waals surface area contributed by atoms with Crippen LogP contribution >= 0.6 is 0 Å². The van der Waals surface area contributed by atoms with Gasteiger partial charge in [-0.25, -0.2) is 0 Å². The number of hydrogen-bond acceptors (Lipinski definition) is 3. The number of aromatic nitrogens is 2. The molecule has 0 bridgehead atoms. The van der Waals surface area contributed by atoms with Crippen molar-refractivity contribution >= 4 is 0 Å². The third kappa shape index (κ3) is 2.84. The summed E-state index contributed by atoms with van der Waals surface area (Å²) in [6.07, 6.45) is 3.13. The van der Waals surface area contributed by atoms with E-state index in [1.807, 2.05) is 0 Å². The van der Waals surface area contributed by atoms with E-state index >= 15 is 0 Å². The second kappa shape index (κ2) is 6.53. The normalized spacial score (nSPS) is 20.9. The molecule has 0 amide bonds. The van der Waals surface area contributed by atoms with E-state index in [4.69, 9.17) is 9.84 Å². The molecule has 0 aliphatic carbocycles. The number of nitrogens with zero attached hydrogens (tertiary/aromatic N) is 2. The molecule has 0 radical (unpaired) electrons. The molecule has 0 spiro atoms. The lowest BCUT2D eigenvalue weighted by atomic mass is 10.0. The van der Waals surface area contributed by atoms with E-state index in [1.54, 1.807) is 0 Å². The molecule has 2 rings (SSSR count). The first-order chi connectivity index (χ1) is 9.22. The summed E-state index contributed by atoms with van der Waals surface area (Å²) >= 11 is 0. The van der Waals surface area contributed by atoms with Crippen LogP contribution in [0, 0.1) is 0 Å². The molecule has 4 nitrogen and oxygen atoms in total. The first-order valence-electron chi connectivity index (χ1n) is 7.64. The van der Waals surface area contributed by atoms with E-state index in [0.29, 0.717) is 12.1 Å². The Hall–Kier alpha value is -0.870. The van der Waals surface area contributed by atoms with Crippen LogP contribution in [-0.4, -0.2) is 29.5 Å². The molecule has 108 valence electrons. The lowest BCUT2D eigenvalue weighted by Crippen LogP contribution is -2.20. The van der Waals surface area contributed by atoms with Crippen LogP contribution in [0.3, 0.4) is 0 Å². The molecule has 2 heterocycles. The molecule has 0 saturated carbocycles. The van der Waals surface area contributed by atoms with Gasteiger partial charge in [0.05, 0.1) is 18.3 Å². The van der Waals surface area contributed by atoms with Crippen LogP contribution in [0.2, 0.25) is 0 Å². The zero-order chi connectivity index (χ0) is 13.8. The van der Waals surface area contributed by atoms with Gasteiger partial charge in [0, 0.05) is 23.9 Å². The van der Waals surface area contributed by atoms with Crippen molar-refractivity contribution in [3.05, 3.63) is 17.0 Å². The molecular formula is C15H27N3O. The van der Waals surface area contributed by atoms with Gasteiger partial charge in [-0.3, -0.25) is 4.68 Å². The van der Waals surface area contributed by atoms with Crippen LogP contribution < -0.4 is 5.32 Å². The summed E-state index contributed by atoms with van der Waals surface area (Å²) < 4.78 is 7.77. The summed E-state index contributed by atoms with van der Waals surface area (Å²) in [6.45, 7) is 11.5. The third-order valence-corrected chi connectivity index (χ3v) is 3.99. The Morgan fingerprint density at radius 1 is 1.37 bits per heavy atom. The molecule has 1 aromatic heterocycles. The van der Waals surface area contributed by atoms with Crippen LogP contribution in [0.5, 0.6) is 0 Å². The summed E-state index contributed by atoms with van der Waals surface area (Å²) in [5, 5.41) is 8.41. The van der Waals surface area contributed by atoms with E-state index in [-0.39, 0.29) is 0 Å². The highest BCUT2D eigenvalue weighted by molar-refractivity contribution is 5.30. The van der Waals surface area contributed by atoms with Crippen LogP contribution in [0.1, 0.15) is 63.2 Å². The fourth-order valence-electron chi connectivity index (χ4n) is 3.07. The molecule has 2 unspecified atom stereocenters. The number of aryl methyl sites for hydroxylation is 1. The summed E-state index contributed by atoms with van der Waals surface area (Å²) in [6, 6.07) is 0.814. The van der Waals surface area contributed by atoms with Gasteiger partial charge in [0.25, 0.3) is 0 Å². The first-order valence-corrected chi connectivity index (χ1v) is 7.64. The van der Waals surface area contributed by atoms with Crippen molar-refractivity contribution in [3.63, 3.8) is 0 Å². The Bertz CT molecular complexity index is 408. The smallest absolute Gasteiger partial charge is 0.0777 e. The van der Waals surface area contributed by atoms with Crippen LogP contribution in [0.15, 0.2) is 0 Å². The second-order valence-corrected chi connectivity index (χ2v) is 5.26. The molecule has 19 heavy (non-hydrogen) atoms. The summed E-state index contributed by atoms with van der Waals surface area (Å²) in [5.74, 6) is 0. The van der Waals surface area contributed by atoms with Gasteiger partial charge < -0.3 is 10.1 Å². The van der Waals surface area contributed by atoms with E-state index < -0.39 is 0 Å². The van der Waals surface area contributed by atoms with Crippen LogP contribution in [0.4, 0.5) is 0 Å². The maximum atomic E-state index is 5.53. The Balaban J connectivity index is 2.39. The predicted octanol–water partition coefficient (Wildman–Crippen LogP) is 2.64. The fraction of sp³-hybridized carbons (Fsp3) is 0.800. The third-order valence-electron chi connectivity index (χ3n) is 3.99. The van der Waals surface area contributed by atoms with Gasteiger partial charge in [-0.05, 0) is 32.7 Å². The second-order valence-electron chi connectivity index (χ2n) is 5.26. The topological polar surface area (TPSA) is 39.1 Å². The average Bonchev–Trinajstić information content (AvgIpc) is 3.05. The number of ether oxygens (including phenoxy) is 1. The SMILES string of the molecule is CCNC(C)c1c(CC)nn(C2CCOC2)c1CC. The summed E-state index contributed by atoms with van der Waals surface area (Å²) in [4.78, 5) is 0. The molecule has 1 fully saturated rings. The maximum Gasteiger partial charge on any atom is 0.0777 e. The van der Waals surface area contributed by atoms with Crippen LogP contribution in [-0.2, 0) is 17.6 Å². The highest BCUT2D eigenvalue weighted by Gasteiger charge is 2.26. The van der Waals surface area contributed by atoms with E-state index in [0.717, 1.165) is 39.0 Å². The monoisotopic (exact) mass is 265 g/mol. The van der Waals surface area contributed by atoms with E-state index in [9.17, 15) is 0 Å². The van der Waals surface area contributed by atoms with Crippen LogP contribution in [0.25, 0.3) is 0 Å². The van der Waals surface area contributed by atoms with E-state index in [1.165, 1.54) is 17.0 Å². The molecule has 1 aliphatic rings. The number of hydrogen-bond donors (Lipinski definition) is 1. The van der Waals surface area contributed by atoms with Crippen molar-refractivity contribution in [2.45, 2.75) is 59.0 Å². The molecule has 1 saturated heterocycles. The minimum atomic E-state index is 0.381. The Morgan fingerprint density at radius 2 is 2.16 bits per heavy atom. The highest BCUT2D eigenvalue weighted by Crippen LogP contribution is 2.28.